The van der Waals surface area contributed by atoms with Gasteiger partial charge in [-0.3, -0.25) is 0 Å². The lowest BCUT2D eigenvalue weighted by Gasteiger charge is -2.37. The average molecular weight is 1100 g/mol. The summed E-state index contributed by atoms with van der Waals surface area (Å²) >= 11 is 0. The Morgan fingerprint density at radius 1 is 0.329 bits per heavy atom. The van der Waals surface area contributed by atoms with Crippen molar-refractivity contribution in [2.45, 2.75) is 188 Å². The van der Waals surface area contributed by atoms with Crippen molar-refractivity contribution in [3.05, 3.63) is 131 Å². The average Bonchev–Trinajstić information content (AvgIpc) is 3.50. The SMILES string of the molecule is CCCC1CCC(C2CCC(COc3ccc(OCC)c(F)c3F)CC2)CC1.CCCC1CCC(c2ccc(-c3ccc(OCC)c(F)c3F)cc2)CC1.CCOc1ccc(-c2ccc(C3CCC(CC)CC3)cc2)c(F)c1F. The summed E-state index contributed by atoms with van der Waals surface area (Å²) in [5, 5.41) is 0. The molecule has 10 heteroatoms. The molecule has 0 radical (unpaired) electrons. The molecular weight excluding hydrogens is 1010 g/mol. The number of halogens is 6. The van der Waals surface area contributed by atoms with Gasteiger partial charge in [0.2, 0.25) is 23.3 Å². The van der Waals surface area contributed by atoms with E-state index in [1.165, 1.54) is 157 Å². The van der Waals surface area contributed by atoms with Gasteiger partial charge in [-0.2, -0.15) is 17.6 Å². The highest BCUT2D eigenvalue weighted by Gasteiger charge is 2.32. The molecule has 0 aromatic heterocycles. The zero-order valence-electron chi connectivity index (χ0n) is 48.3. The first kappa shape index (κ1) is 61.5. The predicted molar refractivity (Wildman–Crippen MR) is 309 cm³/mol. The summed E-state index contributed by atoms with van der Waals surface area (Å²) in [6.07, 6.45) is 27.2. The van der Waals surface area contributed by atoms with Crippen LogP contribution < -0.4 is 18.9 Å². The second-order valence-corrected chi connectivity index (χ2v) is 23.0. The van der Waals surface area contributed by atoms with Gasteiger partial charge < -0.3 is 18.9 Å². The van der Waals surface area contributed by atoms with Gasteiger partial charge in [0.25, 0.3) is 0 Å². The highest BCUT2D eigenvalue weighted by atomic mass is 19.2. The van der Waals surface area contributed by atoms with E-state index in [1.807, 2.05) is 24.3 Å². The Balaban J connectivity index is 0.000000172. The monoisotopic (exact) mass is 1100 g/mol. The summed E-state index contributed by atoms with van der Waals surface area (Å²) in [6.45, 7) is 13.5. The Hall–Kier alpha value is -5.12. The molecule has 0 saturated heterocycles. The molecule has 4 aliphatic rings. The largest absolute Gasteiger partial charge is 0.491 e. The van der Waals surface area contributed by atoms with E-state index in [0.29, 0.717) is 55.3 Å². The summed E-state index contributed by atoms with van der Waals surface area (Å²) in [6, 6.07) is 25.0. The zero-order chi connectivity index (χ0) is 56.3. The van der Waals surface area contributed by atoms with Gasteiger partial charge in [0, 0.05) is 11.1 Å². The highest BCUT2D eigenvalue weighted by molar-refractivity contribution is 5.67. The van der Waals surface area contributed by atoms with Crippen molar-refractivity contribution in [1.82, 2.24) is 0 Å². The van der Waals surface area contributed by atoms with Crippen LogP contribution in [0, 0.1) is 70.4 Å². The van der Waals surface area contributed by atoms with E-state index in [9.17, 15) is 26.3 Å². The molecule has 0 N–H and O–H groups in total. The third kappa shape index (κ3) is 16.7. The summed E-state index contributed by atoms with van der Waals surface area (Å²) < 4.78 is 106. The molecule has 4 aliphatic carbocycles. The molecule has 0 unspecified atom stereocenters. The van der Waals surface area contributed by atoms with Gasteiger partial charge in [0.05, 0.1) is 26.4 Å². The summed E-state index contributed by atoms with van der Waals surface area (Å²) in [5.41, 5.74) is 4.59. The molecule has 4 saturated carbocycles. The molecule has 9 rings (SSSR count). The van der Waals surface area contributed by atoms with Crippen LogP contribution in [-0.2, 0) is 0 Å². The van der Waals surface area contributed by atoms with E-state index in [0.717, 1.165) is 42.4 Å². The Morgan fingerprint density at radius 2 is 0.646 bits per heavy atom. The molecule has 0 amide bonds. The van der Waals surface area contributed by atoms with Gasteiger partial charge in [-0.1, -0.05) is 114 Å². The predicted octanol–water partition coefficient (Wildman–Crippen LogP) is 21.0. The molecule has 0 heterocycles. The fourth-order valence-corrected chi connectivity index (χ4v) is 13.3. The number of benzene rings is 5. The fraction of sp³-hybridized carbons (Fsp3) is 0.565. The second kappa shape index (κ2) is 31.2. The van der Waals surface area contributed by atoms with Crippen LogP contribution in [0.3, 0.4) is 0 Å². The Labute approximate surface area is 469 Å². The van der Waals surface area contributed by atoms with E-state index in [1.54, 1.807) is 32.9 Å². The Kier molecular flexibility index (Phi) is 24.3. The molecule has 0 atom stereocenters. The molecule has 0 aliphatic heterocycles. The van der Waals surface area contributed by atoms with E-state index >= 15 is 0 Å². The van der Waals surface area contributed by atoms with Crippen molar-refractivity contribution in [3.8, 4) is 45.3 Å². The second-order valence-electron chi connectivity index (χ2n) is 23.0. The Morgan fingerprint density at radius 3 is 1.00 bits per heavy atom. The molecule has 0 bridgehead atoms. The van der Waals surface area contributed by atoms with Gasteiger partial charge >= 0.3 is 0 Å². The number of hydrogen-bond acceptors (Lipinski definition) is 4. The van der Waals surface area contributed by atoms with Crippen molar-refractivity contribution in [2.24, 2.45) is 35.5 Å². The fourth-order valence-electron chi connectivity index (χ4n) is 13.3. The number of ether oxygens (including phenoxy) is 4. The van der Waals surface area contributed by atoms with Crippen LogP contribution in [0.1, 0.15) is 199 Å². The molecule has 4 nitrogen and oxygen atoms in total. The van der Waals surface area contributed by atoms with Crippen molar-refractivity contribution in [1.29, 1.82) is 0 Å². The summed E-state index contributed by atoms with van der Waals surface area (Å²) in [7, 11) is 0. The van der Waals surface area contributed by atoms with Crippen molar-refractivity contribution in [2.75, 3.05) is 26.4 Å². The van der Waals surface area contributed by atoms with Crippen LogP contribution in [0.5, 0.6) is 23.0 Å². The molecule has 0 spiro atoms. The molecule has 5 aromatic carbocycles. The van der Waals surface area contributed by atoms with Crippen LogP contribution in [0.2, 0.25) is 0 Å². The molecule has 432 valence electrons. The van der Waals surface area contributed by atoms with Gasteiger partial charge in [-0.15, -0.1) is 0 Å². The first-order valence-corrected chi connectivity index (χ1v) is 30.5. The standard InChI is InChI=1S/C24H36F2O2.C23H28F2O.C22H26F2O/c1-3-5-17-6-10-19(11-7-17)20-12-8-18(9-13-20)16-28-22-15-14-21(27-4-2)23(25)24(22)26;1-3-5-16-6-8-17(9-7-16)18-10-12-19(13-11-18)20-14-15-21(26-4-2)23(25)22(20)24;1-3-15-5-7-16(8-6-15)17-9-11-18(12-10-17)19-13-14-20(25-4-2)22(24)21(19)23/h14-15,17-20H,3-13,16H2,1-2H3;10-17H,3-9H2,1-2H3;9-16H,3-8H2,1-2H3. The zero-order valence-corrected chi connectivity index (χ0v) is 48.3. The van der Waals surface area contributed by atoms with E-state index < -0.39 is 34.9 Å². The van der Waals surface area contributed by atoms with Crippen molar-refractivity contribution in [3.63, 3.8) is 0 Å². The summed E-state index contributed by atoms with van der Waals surface area (Å²) in [4.78, 5) is 0. The maximum atomic E-state index is 14.4. The minimum atomic E-state index is -0.957. The number of rotatable bonds is 19. The topological polar surface area (TPSA) is 36.9 Å². The van der Waals surface area contributed by atoms with Gasteiger partial charge in [-0.25, -0.2) is 8.78 Å². The third-order valence-corrected chi connectivity index (χ3v) is 18.0. The molecule has 79 heavy (non-hydrogen) atoms. The van der Waals surface area contributed by atoms with E-state index in [-0.39, 0.29) is 34.1 Å². The van der Waals surface area contributed by atoms with Crippen molar-refractivity contribution >= 4 is 0 Å². The van der Waals surface area contributed by atoms with E-state index in [2.05, 4.69) is 45.0 Å². The van der Waals surface area contributed by atoms with Crippen LogP contribution in [-0.4, -0.2) is 26.4 Å². The van der Waals surface area contributed by atoms with Crippen LogP contribution in [0.4, 0.5) is 26.3 Å². The Bertz CT molecular complexity index is 2590. The molecular formula is C69H90F6O4. The van der Waals surface area contributed by atoms with Gasteiger partial charge in [0.15, 0.2) is 34.6 Å². The maximum Gasteiger partial charge on any atom is 0.204 e. The lowest BCUT2D eigenvalue weighted by Crippen LogP contribution is -2.27. The quantitative estimate of drug-likeness (QED) is 0.0772. The van der Waals surface area contributed by atoms with Gasteiger partial charge in [-0.05, 0) is 217 Å². The first-order valence-electron chi connectivity index (χ1n) is 30.5. The maximum absolute atomic E-state index is 14.4. The van der Waals surface area contributed by atoms with Crippen LogP contribution in [0.15, 0.2) is 84.9 Å². The van der Waals surface area contributed by atoms with Crippen LogP contribution in [0.25, 0.3) is 22.3 Å². The van der Waals surface area contributed by atoms with Crippen molar-refractivity contribution < 1.29 is 45.3 Å². The lowest BCUT2D eigenvalue weighted by atomic mass is 9.69. The normalized spacial score (nSPS) is 23.1. The minimum absolute atomic E-state index is 0.00248. The van der Waals surface area contributed by atoms with E-state index in [4.69, 9.17) is 18.9 Å². The highest BCUT2D eigenvalue weighted by Crippen LogP contribution is 2.44. The molecule has 5 aromatic rings. The number of hydrogen-bond donors (Lipinski definition) is 0. The summed E-state index contributed by atoms with van der Waals surface area (Å²) in [5.74, 6) is 0.593. The minimum Gasteiger partial charge on any atom is -0.491 e. The first-order chi connectivity index (χ1) is 38.4. The van der Waals surface area contributed by atoms with Crippen LogP contribution >= 0.6 is 0 Å². The third-order valence-electron chi connectivity index (χ3n) is 18.0. The van der Waals surface area contributed by atoms with Gasteiger partial charge in [0.1, 0.15) is 0 Å². The smallest absolute Gasteiger partial charge is 0.204 e. The molecule has 4 fully saturated rings. The lowest BCUT2D eigenvalue weighted by molar-refractivity contribution is 0.120.